The molecule has 0 radical (unpaired) electrons. The lowest BCUT2D eigenvalue weighted by Crippen LogP contribution is -2.14. The van der Waals surface area contributed by atoms with Crippen molar-refractivity contribution in [1.82, 2.24) is 4.90 Å². The summed E-state index contributed by atoms with van der Waals surface area (Å²) in [5.41, 5.74) is 1.34. The van der Waals surface area contributed by atoms with Crippen molar-refractivity contribution in [2.45, 2.75) is 13.8 Å². The first-order valence-electron chi connectivity index (χ1n) is 3.15. The molecule has 0 aromatic heterocycles. The van der Waals surface area contributed by atoms with Gasteiger partial charge in [-0.3, -0.25) is 0 Å². The van der Waals surface area contributed by atoms with Crippen molar-refractivity contribution in [1.29, 1.82) is 0 Å². The van der Waals surface area contributed by atoms with Gasteiger partial charge < -0.3 is 4.90 Å². The third-order valence-electron chi connectivity index (χ3n) is 1.88. The lowest BCUT2D eigenvalue weighted by Gasteiger charge is -2.21. The predicted octanol–water partition coefficient (Wildman–Crippen LogP) is 1.99. The van der Waals surface area contributed by atoms with E-state index >= 15 is 0 Å². The molecule has 0 unspecified atom stereocenters. The fourth-order valence-corrected chi connectivity index (χ4v) is 0.939. The molecule has 0 N–H and O–H groups in total. The molecule has 0 aromatic carbocycles. The highest BCUT2D eigenvalue weighted by atomic mass is 15.1. The van der Waals surface area contributed by atoms with Gasteiger partial charge >= 0.3 is 0 Å². The molecule has 0 saturated heterocycles. The van der Waals surface area contributed by atoms with Crippen molar-refractivity contribution >= 4 is 0 Å². The third kappa shape index (κ3) is 0.869. The van der Waals surface area contributed by atoms with Crippen LogP contribution in [0.25, 0.3) is 0 Å². The van der Waals surface area contributed by atoms with E-state index in [2.05, 4.69) is 37.6 Å². The van der Waals surface area contributed by atoms with Crippen LogP contribution in [0, 0.1) is 5.41 Å². The minimum atomic E-state index is 0.175. The Morgan fingerprint density at radius 3 is 2.22 bits per heavy atom. The molecule has 1 rings (SSSR count). The summed E-state index contributed by atoms with van der Waals surface area (Å²) in [7, 11) is 2.02. The van der Waals surface area contributed by atoms with Crippen LogP contribution in [-0.2, 0) is 0 Å². The molecule has 0 aliphatic carbocycles. The van der Waals surface area contributed by atoms with Crippen molar-refractivity contribution in [2.75, 3.05) is 7.05 Å². The van der Waals surface area contributed by atoms with Crippen LogP contribution in [0.2, 0.25) is 0 Å². The van der Waals surface area contributed by atoms with Crippen molar-refractivity contribution in [2.24, 2.45) is 5.41 Å². The summed E-state index contributed by atoms with van der Waals surface area (Å²) in [6, 6.07) is 0. The smallest absolute Gasteiger partial charge is 0.0239 e. The van der Waals surface area contributed by atoms with Gasteiger partial charge in [0.15, 0.2) is 0 Å². The Balaban J connectivity index is 2.86. The molecule has 0 atom stereocenters. The van der Waals surface area contributed by atoms with E-state index in [9.17, 15) is 0 Å². The SMILES string of the molecule is C=C1N(C)C=CC1(C)C. The predicted molar refractivity (Wildman–Crippen MR) is 39.8 cm³/mol. The second kappa shape index (κ2) is 1.63. The fourth-order valence-electron chi connectivity index (χ4n) is 0.939. The average Bonchev–Trinajstić information content (AvgIpc) is 1.97. The maximum Gasteiger partial charge on any atom is 0.0239 e. The molecule has 0 bridgehead atoms. The van der Waals surface area contributed by atoms with E-state index in [1.165, 1.54) is 5.70 Å². The summed E-state index contributed by atoms with van der Waals surface area (Å²) < 4.78 is 0. The van der Waals surface area contributed by atoms with Crippen LogP contribution in [0.5, 0.6) is 0 Å². The first kappa shape index (κ1) is 6.40. The van der Waals surface area contributed by atoms with Gasteiger partial charge in [0, 0.05) is 24.4 Å². The van der Waals surface area contributed by atoms with Crippen molar-refractivity contribution in [3.63, 3.8) is 0 Å². The van der Waals surface area contributed by atoms with Crippen molar-refractivity contribution < 1.29 is 0 Å². The normalized spacial score (nSPS) is 23.4. The van der Waals surface area contributed by atoms with E-state index in [4.69, 9.17) is 0 Å². The molecule has 0 spiro atoms. The Kier molecular flexibility index (Phi) is 1.16. The maximum atomic E-state index is 3.95. The monoisotopic (exact) mass is 123 g/mol. The van der Waals surface area contributed by atoms with Gasteiger partial charge in [-0.2, -0.15) is 0 Å². The minimum absolute atomic E-state index is 0.175. The molecular weight excluding hydrogens is 110 g/mol. The molecule has 0 aromatic rings. The van der Waals surface area contributed by atoms with Gasteiger partial charge in [0.1, 0.15) is 0 Å². The van der Waals surface area contributed by atoms with Crippen LogP contribution in [0.15, 0.2) is 24.6 Å². The summed E-state index contributed by atoms with van der Waals surface area (Å²) in [5.74, 6) is 0. The molecule has 1 aliphatic rings. The van der Waals surface area contributed by atoms with Gasteiger partial charge in [0.2, 0.25) is 0 Å². The summed E-state index contributed by atoms with van der Waals surface area (Å²) in [6.45, 7) is 8.28. The standard InChI is InChI=1S/C8H13N/c1-7-8(2,3)5-6-9(7)4/h5-6H,1H2,2-4H3. The van der Waals surface area contributed by atoms with Gasteiger partial charge in [0.05, 0.1) is 0 Å². The minimum Gasteiger partial charge on any atom is -0.354 e. The quantitative estimate of drug-likeness (QED) is 0.476. The zero-order valence-electron chi connectivity index (χ0n) is 6.31. The van der Waals surface area contributed by atoms with Crippen LogP contribution < -0.4 is 0 Å². The molecule has 1 aliphatic heterocycles. The van der Waals surface area contributed by atoms with Crippen LogP contribution in [-0.4, -0.2) is 11.9 Å². The topological polar surface area (TPSA) is 3.24 Å². The average molecular weight is 123 g/mol. The lowest BCUT2D eigenvalue weighted by molar-refractivity contribution is 0.467. The molecule has 0 amide bonds. The summed E-state index contributed by atoms with van der Waals surface area (Å²) in [5, 5.41) is 0. The highest BCUT2D eigenvalue weighted by molar-refractivity contribution is 5.23. The summed E-state index contributed by atoms with van der Waals surface area (Å²) >= 11 is 0. The zero-order chi connectivity index (χ0) is 7.07. The molecule has 1 heterocycles. The number of nitrogens with zero attached hydrogens (tertiary/aromatic N) is 1. The second-order valence-corrected chi connectivity index (χ2v) is 3.10. The Morgan fingerprint density at radius 2 is 2.11 bits per heavy atom. The van der Waals surface area contributed by atoms with E-state index in [0.717, 1.165) is 0 Å². The lowest BCUT2D eigenvalue weighted by atomic mass is 9.92. The van der Waals surface area contributed by atoms with Crippen LogP contribution in [0.1, 0.15) is 13.8 Å². The molecule has 50 valence electrons. The Hall–Kier alpha value is -0.720. The van der Waals surface area contributed by atoms with Gasteiger partial charge in [-0.25, -0.2) is 0 Å². The van der Waals surface area contributed by atoms with Gasteiger partial charge in [-0.15, -0.1) is 0 Å². The summed E-state index contributed by atoms with van der Waals surface area (Å²) in [6.07, 6.45) is 4.22. The van der Waals surface area contributed by atoms with Crippen LogP contribution >= 0.6 is 0 Å². The number of rotatable bonds is 0. The first-order chi connectivity index (χ1) is 4.04. The fraction of sp³-hybridized carbons (Fsp3) is 0.500. The van der Waals surface area contributed by atoms with Gasteiger partial charge in [-0.05, 0) is 0 Å². The first-order valence-corrected chi connectivity index (χ1v) is 3.15. The van der Waals surface area contributed by atoms with Gasteiger partial charge in [-0.1, -0.05) is 26.5 Å². The Labute approximate surface area is 56.7 Å². The third-order valence-corrected chi connectivity index (χ3v) is 1.88. The maximum absolute atomic E-state index is 3.95. The van der Waals surface area contributed by atoms with E-state index in [-0.39, 0.29) is 5.41 Å². The highest BCUT2D eigenvalue weighted by Gasteiger charge is 2.25. The van der Waals surface area contributed by atoms with Crippen LogP contribution in [0.3, 0.4) is 0 Å². The van der Waals surface area contributed by atoms with E-state index in [0.29, 0.717) is 0 Å². The molecule has 1 nitrogen and oxygen atoms in total. The number of hydrogen-bond donors (Lipinski definition) is 0. The second-order valence-electron chi connectivity index (χ2n) is 3.10. The highest BCUT2D eigenvalue weighted by Crippen LogP contribution is 2.33. The van der Waals surface area contributed by atoms with Crippen LogP contribution in [0.4, 0.5) is 0 Å². The molecule has 1 heteroatoms. The van der Waals surface area contributed by atoms with Crippen molar-refractivity contribution in [3.05, 3.63) is 24.6 Å². The Bertz CT molecular complexity index is 165. The van der Waals surface area contributed by atoms with E-state index in [1.807, 2.05) is 7.05 Å². The zero-order valence-corrected chi connectivity index (χ0v) is 6.31. The Morgan fingerprint density at radius 1 is 1.56 bits per heavy atom. The molecule has 9 heavy (non-hydrogen) atoms. The van der Waals surface area contributed by atoms with E-state index in [1.54, 1.807) is 0 Å². The molecule has 0 saturated carbocycles. The molecule has 0 fully saturated rings. The van der Waals surface area contributed by atoms with Gasteiger partial charge in [0.25, 0.3) is 0 Å². The number of hydrogen-bond acceptors (Lipinski definition) is 1. The molecular formula is C8H13N. The largest absolute Gasteiger partial charge is 0.354 e. The van der Waals surface area contributed by atoms with E-state index < -0.39 is 0 Å². The number of allylic oxidation sites excluding steroid dienone is 1. The summed E-state index contributed by atoms with van der Waals surface area (Å²) in [4.78, 5) is 2.06. The van der Waals surface area contributed by atoms with Crippen molar-refractivity contribution in [3.8, 4) is 0 Å².